The van der Waals surface area contributed by atoms with Gasteiger partial charge < -0.3 is 5.32 Å². The van der Waals surface area contributed by atoms with Crippen LogP contribution < -0.4 is 5.32 Å². The second-order valence-corrected chi connectivity index (χ2v) is 4.92. The average molecular weight is 239 g/mol. The Morgan fingerprint density at radius 2 is 1.72 bits per heavy atom. The zero-order valence-corrected chi connectivity index (χ0v) is 11.7. The first kappa shape index (κ1) is 12.7. The fourth-order valence-electron chi connectivity index (χ4n) is 2.26. The van der Waals surface area contributed by atoms with Gasteiger partial charge in [0, 0.05) is 12.7 Å². The standard InChI is InChI=1S/C17H21N/c1-12-8-9-16(14(3)13(12)2)10-15-6-5-7-17(11-15)18-4/h5-9,11,18H,10H2,1-4H3. The van der Waals surface area contributed by atoms with E-state index in [1.54, 1.807) is 0 Å². The molecular formula is C17H21N. The first-order valence-electron chi connectivity index (χ1n) is 6.44. The highest BCUT2D eigenvalue weighted by Crippen LogP contribution is 2.21. The van der Waals surface area contributed by atoms with Gasteiger partial charge in [-0.15, -0.1) is 0 Å². The molecule has 18 heavy (non-hydrogen) atoms. The summed E-state index contributed by atoms with van der Waals surface area (Å²) in [6.45, 7) is 6.60. The van der Waals surface area contributed by atoms with Gasteiger partial charge in [-0.25, -0.2) is 0 Å². The molecule has 2 aromatic carbocycles. The van der Waals surface area contributed by atoms with Crippen molar-refractivity contribution in [2.75, 3.05) is 12.4 Å². The van der Waals surface area contributed by atoms with Crippen molar-refractivity contribution in [2.45, 2.75) is 27.2 Å². The van der Waals surface area contributed by atoms with Gasteiger partial charge in [-0.3, -0.25) is 0 Å². The first-order valence-corrected chi connectivity index (χ1v) is 6.44. The fourth-order valence-corrected chi connectivity index (χ4v) is 2.26. The van der Waals surface area contributed by atoms with Crippen LogP contribution in [0.25, 0.3) is 0 Å². The van der Waals surface area contributed by atoms with Gasteiger partial charge in [-0.05, 0) is 67.1 Å². The van der Waals surface area contributed by atoms with Gasteiger partial charge in [0.15, 0.2) is 0 Å². The molecule has 2 rings (SSSR count). The van der Waals surface area contributed by atoms with Gasteiger partial charge in [0.1, 0.15) is 0 Å². The summed E-state index contributed by atoms with van der Waals surface area (Å²) in [6, 6.07) is 13.1. The zero-order valence-electron chi connectivity index (χ0n) is 11.7. The molecule has 0 radical (unpaired) electrons. The maximum atomic E-state index is 3.19. The third-order valence-corrected chi connectivity index (χ3v) is 3.78. The Balaban J connectivity index is 2.31. The van der Waals surface area contributed by atoms with E-state index >= 15 is 0 Å². The Labute approximate surface area is 110 Å². The van der Waals surface area contributed by atoms with Crippen molar-refractivity contribution < 1.29 is 0 Å². The minimum Gasteiger partial charge on any atom is -0.388 e. The summed E-state index contributed by atoms with van der Waals surface area (Å²) in [4.78, 5) is 0. The number of hydrogen-bond donors (Lipinski definition) is 1. The second-order valence-electron chi connectivity index (χ2n) is 4.92. The quantitative estimate of drug-likeness (QED) is 0.844. The molecule has 0 amide bonds. The lowest BCUT2D eigenvalue weighted by Crippen LogP contribution is -1.97. The van der Waals surface area contributed by atoms with Crippen LogP contribution in [0.5, 0.6) is 0 Å². The highest BCUT2D eigenvalue weighted by atomic mass is 14.8. The van der Waals surface area contributed by atoms with E-state index in [1.807, 2.05) is 7.05 Å². The summed E-state index contributed by atoms with van der Waals surface area (Å²) < 4.78 is 0. The molecule has 0 aliphatic heterocycles. The molecule has 0 bridgehead atoms. The van der Waals surface area contributed by atoms with E-state index in [-0.39, 0.29) is 0 Å². The molecular weight excluding hydrogens is 218 g/mol. The second kappa shape index (κ2) is 5.26. The van der Waals surface area contributed by atoms with Crippen molar-refractivity contribution in [1.29, 1.82) is 0 Å². The van der Waals surface area contributed by atoms with Gasteiger partial charge >= 0.3 is 0 Å². The summed E-state index contributed by atoms with van der Waals surface area (Å²) >= 11 is 0. The first-order chi connectivity index (χ1) is 8.61. The normalized spacial score (nSPS) is 10.4. The Morgan fingerprint density at radius 3 is 2.44 bits per heavy atom. The largest absolute Gasteiger partial charge is 0.388 e. The monoisotopic (exact) mass is 239 g/mol. The number of anilines is 1. The van der Waals surface area contributed by atoms with Crippen molar-refractivity contribution in [3.63, 3.8) is 0 Å². The molecule has 2 aromatic rings. The van der Waals surface area contributed by atoms with Crippen molar-refractivity contribution in [2.24, 2.45) is 0 Å². The number of aryl methyl sites for hydroxylation is 1. The smallest absolute Gasteiger partial charge is 0.0340 e. The van der Waals surface area contributed by atoms with Crippen LogP contribution in [0, 0.1) is 20.8 Å². The zero-order chi connectivity index (χ0) is 13.1. The molecule has 1 N–H and O–H groups in total. The number of rotatable bonds is 3. The summed E-state index contributed by atoms with van der Waals surface area (Å²) in [6.07, 6.45) is 1.00. The maximum absolute atomic E-state index is 3.19. The van der Waals surface area contributed by atoms with Crippen LogP contribution in [0.15, 0.2) is 36.4 Å². The van der Waals surface area contributed by atoms with E-state index in [0.29, 0.717) is 0 Å². The van der Waals surface area contributed by atoms with Crippen LogP contribution in [-0.4, -0.2) is 7.05 Å². The Morgan fingerprint density at radius 1 is 0.944 bits per heavy atom. The third-order valence-electron chi connectivity index (χ3n) is 3.78. The van der Waals surface area contributed by atoms with E-state index in [4.69, 9.17) is 0 Å². The molecule has 0 aliphatic rings. The minimum absolute atomic E-state index is 1.00. The van der Waals surface area contributed by atoms with Crippen molar-refractivity contribution in [3.8, 4) is 0 Å². The minimum atomic E-state index is 1.00. The molecule has 94 valence electrons. The van der Waals surface area contributed by atoms with E-state index in [9.17, 15) is 0 Å². The molecule has 0 unspecified atom stereocenters. The molecule has 0 aromatic heterocycles. The fraction of sp³-hybridized carbons (Fsp3) is 0.294. The Bertz CT molecular complexity index is 556. The average Bonchev–Trinajstić information content (AvgIpc) is 2.40. The summed E-state index contributed by atoms with van der Waals surface area (Å²) in [5, 5.41) is 3.19. The summed E-state index contributed by atoms with van der Waals surface area (Å²) in [7, 11) is 1.96. The predicted molar refractivity (Wildman–Crippen MR) is 79.4 cm³/mol. The van der Waals surface area contributed by atoms with Crippen LogP contribution in [-0.2, 0) is 6.42 Å². The third kappa shape index (κ3) is 2.56. The topological polar surface area (TPSA) is 12.0 Å². The number of nitrogens with one attached hydrogen (secondary N) is 1. The molecule has 0 heterocycles. The lowest BCUT2D eigenvalue weighted by atomic mass is 9.94. The van der Waals surface area contributed by atoms with E-state index in [1.165, 1.54) is 33.5 Å². The lowest BCUT2D eigenvalue weighted by Gasteiger charge is -2.12. The van der Waals surface area contributed by atoms with Gasteiger partial charge in [-0.2, -0.15) is 0 Å². The lowest BCUT2D eigenvalue weighted by molar-refractivity contribution is 1.12. The van der Waals surface area contributed by atoms with Crippen molar-refractivity contribution in [3.05, 3.63) is 64.2 Å². The molecule has 0 spiro atoms. The maximum Gasteiger partial charge on any atom is 0.0340 e. The molecule has 0 saturated heterocycles. The highest BCUT2D eigenvalue weighted by Gasteiger charge is 2.05. The predicted octanol–water partition coefficient (Wildman–Crippen LogP) is 4.24. The van der Waals surface area contributed by atoms with Crippen LogP contribution in [0.2, 0.25) is 0 Å². The van der Waals surface area contributed by atoms with Crippen molar-refractivity contribution in [1.82, 2.24) is 0 Å². The molecule has 0 aliphatic carbocycles. The van der Waals surface area contributed by atoms with Crippen LogP contribution >= 0.6 is 0 Å². The summed E-state index contributed by atoms with van der Waals surface area (Å²) in [5.74, 6) is 0. The van der Waals surface area contributed by atoms with E-state index < -0.39 is 0 Å². The van der Waals surface area contributed by atoms with E-state index in [2.05, 4.69) is 62.5 Å². The molecule has 1 heteroatoms. The van der Waals surface area contributed by atoms with Crippen LogP contribution in [0.4, 0.5) is 5.69 Å². The number of hydrogen-bond acceptors (Lipinski definition) is 1. The number of benzene rings is 2. The molecule has 0 saturated carbocycles. The van der Waals surface area contributed by atoms with Crippen LogP contribution in [0.1, 0.15) is 27.8 Å². The van der Waals surface area contributed by atoms with Crippen LogP contribution in [0.3, 0.4) is 0 Å². The van der Waals surface area contributed by atoms with E-state index in [0.717, 1.165) is 6.42 Å². The van der Waals surface area contributed by atoms with Crippen molar-refractivity contribution >= 4 is 5.69 Å². The molecule has 0 fully saturated rings. The molecule has 0 atom stereocenters. The van der Waals surface area contributed by atoms with Gasteiger partial charge in [0.2, 0.25) is 0 Å². The Hall–Kier alpha value is -1.76. The molecule has 1 nitrogen and oxygen atoms in total. The van der Waals surface area contributed by atoms with Gasteiger partial charge in [0.05, 0.1) is 0 Å². The summed E-state index contributed by atoms with van der Waals surface area (Å²) in [5.41, 5.74) is 8.16. The van der Waals surface area contributed by atoms with Gasteiger partial charge in [0.25, 0.3) is 0 Å². The SMILES string of the molecule is CNc1cccc(Cc2ccc(C)c(C)c2C)c1. The highest BCUT2D eigenvalue weighted by molar-refractivity contribution is 5.47. The van der Waals surface area contributed by atoms with Gasteiger partial charge in [-0.1, -0.05) is 24.3 Å². The Kier molecular flexibility index (Phi) is 3.71.